The van der Waals surface area contributed by atoms with Crippen LogP contribution in [0, 0.1) is 0 Å². The van der Waals surface area contributed by atoms with Crippen LogP contribution in [0.5, 0.6) is 0 Å². The highest BCUT2D eigenvalue weighted by Crippen LogP contribution is 2.03. The van der Waals surface area contributed by atoms with Crippen molar-refractivity contribution in [2.75, 3.05) is 13.2 Å². The van der Waals surface area contributed by atoms with Gasteiger partial charge in [-0.15, -0.1) is 0 Å². The summed E-state index contributed by atoms with van der Waals surface area (Å²) >= 11 is 0. The zero-order valence-corrected chi connectivity index (χ0v) is 13.6. The fourth-order valence-electron chi connectivity index (χ4n) is 1.64. The summed E-state index contributed by atoms with van der Waals surface area (Å²) in [7, 11) is 0. The maximum Gasteiger partial charge on any atom is 0.407 e. The van der Waals surface area contributed by atoms with E-state index in [1.54, 1.807) is 6.92 Å². The second-order valence-electron chi connectivity index (χ2n) is 5.16. The Bertz CT molecular complexity index is 328. The SMILES string of the molecule is C=C(C)C(=O)OCC(CC)OC(=O)NCCCCCCC. The zero-order chi connectivity index (χ0) is 16.1. The van der Waals surface area contributed by atoms with E-state index in [-0.39, 0.29) is 6.61 Å². The van der Waals surface area contributed by atoms with Gasteiger partial charge in [0.1, 0.15) is 12.7 Å². The third-order valence-electron chi connectivity index (χ3n) is 3.03. The Morgan fingerprint density at radius 2 is 1.81 bits per heavy atom. The van der Waals surface area contributed by atoms with Gasteiger partial charge < -0.3 is 14.8 Å². The predicted octanol–water partition coefficient (Wildman–Crippen LogP) is 3.58. The second-order valence-corrected chi connectivity index (χ2v) is 5.16. The van der Waals surface area contributed by atoms with Gasteiger partial charge in [-0.05, 0) is 19.8 Å². The Kier molecular flexibility index (Phi) is 11.4. The van der Waals surface area contributed by atoms with Gasteiger partial charge in [-0.3, -0.25) is 0 Å². The minimum absolute atomic E-state index is 0.0616. The summed E-state index contributed by atoms with van der Waals surface area (Å²) in [4.78, 5) is 22.9. The monoisotopic (exact) mass is 299 g/mol. The minimum Gasteiger partial charge on any atom is -0.458 e. The molecule has 0 aliphatic heterocycles. The van der Waals surface area contributed by atoms with Crippen LogP contribution < -0.4 is 5.32 Å². The topological polar surface area (TPSA) is 64.6 Å². The van der Waals surface area contributed by atoms with Crippen molar-refractivity contribution in [1.82, 2.24) is 5.32 Å². The van der Waals surface area contributed by atoms with Crippen molar-refractivity contribution in [1.29, 1.82) is 0 Å². The molecule has 0 aromatic carbocycles. The van der Waals surface area contributed by atoms with Gasteiger partial charge in [-0.25, -0.2) is 9.59 Å². The third kappa shape index (κ3) is 10.9. The molecule has 1 N–H and O–H groups in total. The third-order valence-corrected chi connectivity index (χ3v) is 3.03. The van der Waals surface area contributed by atoms with E-state index in [4.69, 9.17) is 9.47 Å². The Morgan fingerprint density at radius 1 is 1.14 bits per heavy atom. The van der Waals surface area contributed by atoms with Crippen molar-refractivity contribution in [2.45, 2.75) is 65.4 Å². The summed E-state index contributed by atoms with van der Waals surface area (Å²) in [6.07, 6.45) is 5.41. The number of nitrogens with one attached hydrogen (secondary N) is 1. The molecule has 0 aliphatic carbocycles. The highest BCUT2D eigenvalue weighted by Gasteiger charge is 2.15. The molecule has 0 rings (SSSR count). The lowest BCUT2D eigenvalue weighted by atomic mass is 10.1. The van der Waals surface area contributed by atoms with Crippen LogP contribution in [0.3, 0.4) is 0 Å². The average molecular weight is 299 g/mol. The van der Waals surface area contributed by atoms with Crippen molar-refractivity contribution in [3.05, 3.63) is 12.2 Å². The van der Waals surface area contributed by atoms with E-state index in [2.05, 4.69) is 18.8 Å². The highest BCUT2D eigenvalue weighted by molar-refractivity contribution is 5.86. The molecule has 5 nitrogen and oxygen atoms in total. The van der Waals surface area contributed by atoms with Crippen molar-refractivity contribution in [3.63, 3.8) is 0 Å². The number of carbonyl (C=O) groups excluding carboxylic acids is 2. The van der Waals surface area contributed by atoms with Gasteiger partial charge in [0.25, 0.3) is 0 Å². The van der Waals surface area contributed by atoms with Crippen LogP contribution >= 0.6 is 0 Å². The fourth-order valence-corrected chi connectivity index (χ4v) is 1.64. The summed E-state index contributed by atoms with van der Waals surface area (Å²) < 4.78 is 10.2. The molecule has 0 spiro atoms. The van der Waals surface area contributed by atoms with Crippen molar-refractivity contribution in [2.24, 2.45) is 0 Å². The van der Waals surface area contributed by atoms with E-state index in [0.717, 1.165) is 12.8 Å². The minimum atomic E-state index is -0.464. The lowest BCUT2D eigenvalue weighted by molar-refractivity contribution is -0.142. The molecule has 0 bridgehead atoms. The number of amides is 1. The average Bonchev–Trinajstić information content (AvgIpc) is 2.46. The molecule has 1 amide bonds. The molecule has 5 heteroatoms. The molecule has 0 aromatic rings. The number of ether oxygens (including phenoxy) is 2. The van der Waals surface area contributed by atoms with E-state index in [0.29, 0.717) is 18.5 Å². The molecule has 0 radical (unpaired) electrons. The number of esters is 1. The van der Waals surface area contributed by atoms with Crippen LogP contribution in [0.1, 0.15) is 59.3 Å². The summed E-state index contributed by atoms with van der Waals surface area (Å²) in [6.45, 7) is 9.79. The van der Waals surface area contributed by atoms with Crippen molar-refractivity contribution in [3.8, 4) is 0 Å². The van der Waals surface area contributed by atoms with Gasteiger partial charge in [0.2, 0.25) is 0 Å². The summed E-state index contributed by atoms with van der Waals surface area (Å²) in [5.41, 5.74) is 0.335. The van der Waals surface area contributed by atoms with E-state index in [1.165, 1.54) is 19.3 Å². The number of hydrogen-bond donors (Lipinski definition) is 1. The zero-order valence-electron chi connectivity index (χ0n) is 13.6. The van der Waals surface area contributed by atoms with Crippen molar-refractivity contribution >= 4 is 12.1 Å². The first-order valence-electron chi connectivity index (χ1n) is 7.78. The lowest BCUT2D eigenvalue weighted by Crippen LogP contribution is -2.32. The summed E-state index contributed by atoms with van der Waals surface area (Å²) in [6, 6.07) is 0. The quantitative estimate of drug-likeness (QED) is 0.360. The Labute approximate surface area is 128 Å². The molecular weight excluding hydrogens is 270 g/mol. The molecule has 122 valence electrons. The number of carbonyl (C=O) groups is 2. The molecule has 0 aromatic heterocycles. The first-order valence-corrected chi connectivity index (χ1v) is 7.78. The largest absolute Gasteiger partial charge is 0.458 e. The van der Waals surface area contributed by atoms with Crippen molar-refractivity contribution < 1.29 is 19.1 Å². The number of unbranched alkanes of at least 4 members (excludes halogenated alkanes) is 4. The number of hydrogen-bond acceptors (Lipinski definition) is 4. The first kappa shape index (κ1) is 19.5. The van der Waals surface area contributed by atoms with Crippen LogP contribution in [0.15, 0.2) is 12.2 Å². The number of alkyl carbamates (subject to hydrolysis) is 1. The first-order chi connectivity index (χ1) is 10.0. The van der Waals surface area contributed by atoms with Gasteiger partial charge in [-0.2, -0.15) is 0 Å². The summed E-state index contributed by atoms with van der Waals surface area (Å²) in [5, 5.41) is 2.72. The van der Waals surface area contributed by atoms with E-state index < -0.39 is 18.2 Å². The van der Waals surface area contributed by atoms with Gasteiger partial charge in [0.15, 0.2) is 0 Å². The molecule has 0 fully saturated rings. The van der Waals surface area contributed by atoms with Gasteiger partial charge in [0.05, 0.1) is 0 Å². The van der Waals surface area contributed by atoms with Gasteiger partial charge in [0, 0.05) is 12.1 Å². The standard InChI is InChI=1S/C16H29NO4/c1-5-7-8-9-10-11-17-16(19)21-14(6-2)12-20-15(18)13(3)4/h14H,3,5-12H2,1-2,4H3,(H,17,19). The number of rotatable bonds is 11. The van der Waals surface area contributed by atoms with Crippen LogP contribution in [-0.2, 0) is 14.3 Å². The maximum atomic E-state index is 11.6. The van der Waals surface area contributed by atoms with Gasteiger partial charge >= 0.3 is 12.1 Å². The molecule has 0 heterocycles. The van der Waals surface area contributed by atoms with E-state index in [1.807, 2.05) is 6.92 Å². The molecule has 0 saturated heterocycles. The Balaban J connectivity index is 3.78. The maximum absolute atomic E-state index is 11.6. The molecule has 0 aliphatic rings. The second kappa shape index (κ2) is 12.2. The highest BCUT2D eigenvalue weighted by atomic mass is 16.6. The normalized spacial score (nSPS) is 11.6. The van der Waals surface area contributed by atoms with Gasteiger partial charge in [-0.1, -0.05) is 46.1 Å². The smallest absolute Gasteiger partial charge is 0.407 e. The van der Waals surface area contributed by atoms with Crippen LogP contribution in [-0.4, -0.2) is 31.3 Å². The molecule has 1 atom stereocenters. The van der Waals surface area contributed by atoms with Crippen LogP contribution in [0.4, 0.5) is 4.79 Å². The molecule has 0 saturated carbocycles. The molecular formula is C16H29NO4. The fraction of sp³-hybridized carbons (Fsp3) is 0.750. The molecule has 1 unspecified atom stereocenters. The van der Waals surface area contributed by atoms with E-state index >= 15 is 0 Å². The summed E-state index contributed by atoms with van der Waals surface area (Å²) in [5.74, 6) is -0.464. The Hall–Kier alpha value is -1.52. The van der Waals surface area contributed by atoms with Crippen LogP contribution in [0.2, 0.25) is 0 Å². The van der Waals surface area contributed by atoms with Crippen LogP contribution in [0.25, 0.3) is 0 Å². The predicted molar refractivity (Wildman–Crippen MR) is 83.1 cm³/mol. The molecule has 21 heavy (non-hydrogen) atoms. The Morgan fingerprint density at radius 3 is 2.38 bits per heavy atom. The lowest BCUT2D eigenvalue weighted by Gasteiger charge is -2.16. The van der Waals surface area contributed by atoms with E-state index in [9.17, 15) is 9.59 Å².